The molecule has 4 aromatic rings. The van der Waals surface area contributed by atoms with Crippen LogP contribution in [0.5, 0.6) is 5.75 Å². The first kappa shape index (κ1) is 29.0. The topological polar surface area (TPSA) is 173 Å². The van der Waals surface area contributed by atoms with E-state index in [2.05, 4.69) is 44.5 Å². The maximum atomic E-state index is 13.0. The number of fused-ring (bicyclic) bond motifs is 2. The van der Waals surface area contributed by atoms with Gasteiger partial charge < -0.3 is 4.74 Å². The second-order valence-corrected chi connectivity index (χ2v) is 9.48. The van der Waals surface area contributed by atoms with Crippen molar-refractivity contribution in [3.05, 3.63) is 122 Å². The van der Waals surface area contributed by atoms with Gasteiger partial charge in [0.1, 0.15) is 28.6 Å². The molecule has 6 rings (SSSR count). The van der Waals surface area contributed by atoms with Crippen molar-refractivity contribution in [3.8, 4) is 35.3 Å². The van der Waals surface area contributed by atoms with Crippen LogP contribution in [0.25, 0.3) is 27.4 Å². The van der Waals surface area contributed by atoms with Crippen LogP contribution in [0.4, 0.5) is 18.9 Å². The van der Waals surface area contributed by atoms with Crippen molar-refractivity contribution in [2.75, 3.05) is 0 Å². The number of rotatable bonds is 4. The second kappa shape index (κ2) is 11.2. The molecule has 0 unspecified atom stereocenters. The minimum Gasteiger partial charge on any atom is -0.403 e. The zero-order chi connectivity index (χ0) is 32.6. The Morgan fingerprint density at radius 1 is 0.804 bits per heavy atom. The number of para-hydroxylation sites is 2. The van der Waals surface area contributed by atoms with Gasteiger partial charge in [-0.2, -0.15) is 15.8 Å². The third-order valence-electron chi connectivity index (χ3n) is 6.50. The van der Waals surface area contributed by atoms with Gasteiger partial charge in [0.05, 0.1) is 28.7 Å². The maximum Gasteiger partial charge on any atom is 0.573 e. The minimum atomic E-state index is -5.01. The van der Waals surface area contributed by atoms with Gasteiger partial charge in [-0.3, -0.25) is 0 Å². The molecule has 1 aromatic heterocycles. The third kappa shape index (κ3) is 5.39. The number of hydrogen-bond acceptors (Lipinski definition) is 11. The number of alkyl halides is 3. The number of benzene rings is 3. The molecule has 0 N–H and O–H groups in total. The van der Waals surface area contributed by atoms with E-state index in [1.165, 1.54) is 30.3 Å². The number of nitriles is 3. The molecule has 0 amide bonds. The smallest absolute Gasteiger partial charge is 0.403 e. The molecule has 46 heavy (non-hydrogen) atoms. The molecule has 0 bridgehead atoms. The molecule has 0 aliphatic carbocycles. The number of aryl methyl sites for hydroxylation is 1. The Balaban J connectivity index is 1.62. The lowest BCUT2D eigenvalue weighted by molar-refractivity contribution is -0.275. The zero-order valence-corrected chi connectivity index (χ0v) is 23.2. The van der Waals surface area contributed by atoms with Crippen LogP contribution in [0.1, 0.15) is 22.8 Å². The summed E-state index contributed by atoms with van der Waals surface area (Å²) in [6.07, 6.45) is -5.01. The Labute approximate surface area is 255 Å². The summed E-state index contributed by atoms with van der Waals surface area (Å²) in [4.78, 5) is 33.8. The van der Waals surface area contributed by atoms with Gasteiger partial charge in [0, 0.05) is 11.1 Å². The van der Waals surface area contributed by atoms with Crippen LogP contribution in [-0.4, -0.2) is 21.3 Å². The summed E-state index contributed by atoms with van der Waals surface area (Å²) in [5, 5.41) is 30.7. The molecule has 12 nitrogen and oxygen atoms in total. The van der Waals surface area contributed by atoms with Gasteiger partial charge in [-0.25, -0.2) is 39.8 Å². The van der Waals surface area contributed by atoms with Crippen LogP contribution in [0, 0.1) is 47.5 Å². The summed E-state index contributed by atoms with van der Waals surface area (Å²) in [6.45, 7) is 9.25. The number of hydrogen-bond donors (Lipinski definition) is 0. The van der Waals surface area contributed by atoms with Crippen molar-refractivity contribution < 1.29 is 17.9 Å². The monoisotopic (exact) mass is 611 g/mol. The number of aromatic nitrogens is 3. The standard InChI is InChI=1S/C31H12F3N11O/c1-15-5-3-6-21-24(15)41-27(39-21)19(13-36)29-43-26(17-9-16(12-35)10-18(11-17)38-2)44-30(45-29)20(14-37)28-40-22-7-4-8-23(25(22)42-28)46-31(32,33)34/h3-11H,1H3/b27-19+,28-20+. The first-order chi connectivity index (χ1) is 22.1. The highest BCUT2D eigenvalue weighted by Gasteiger charge is 2.32. The largest absolute Gasteiger partial charge is 0.573 e. The van der Waals surface area contributed by atoms with Gasteiger partial charge in [-0.1, -0.05) is 18.2 Å². The zero-order valence-electron chi connectivity index (χ0n) is 23.2. The predicted molar refractivity (Wildman–Crippen MR) is 150 cm³/mol. The van der Waals surface area contributed by atoms with E-state index >= 15 is 0 Å². The molecule has 15 heteroatoms. The van der Waals surface area contributed by atoms with E-state index in [1.54, 1.807) is 12.1 Å². The molecular formula is C31H12F3N11O. The van der Waals surface area contributed by atoms with E-state index in [-0.39, 0.29) is 67.8 Å². The first-order valence-electron chi connectivity index (χ1n) is 12.9. The lowest BCUT2D eigenvalue weighted by Crippen LogP contribution is -2.28. The van der Waals surface area contributed by atoms with Crippen molar-refractivity contribution in [2.24, 2.45) is 20.0 Å². The highest BCUT2D eigenvalue weighted by atomic mass is 19.4. The molecule has 2 aliphatic heterocycles. The van der Waals surface area contributed by atoms with Crippen molar-refractivity contribution in [2.45, 2.75) is 13.3 Å². The van der Waals surface area contributed by atoms with E-state index in [0.717, 1.165) is 11.6 Å². The Morgan fingerprint density at radius 2 is 1.41 bits per heavy atom. The van der Waals surface area contributed by atoms with Gasteiger partial charge in [-0.05, 0) is 48.9 Å². The number of allylic oxidation sites excluding steroid dienone is 2. The van der Waals surface area contributed by atoms with Crippen molar-refractivity contribution in [1.29, 1.82) is 15.8 Å². The maximum absolute atomic E-state index is 13.0. The fourth-order valence-electron chi connectivity index (χ4n) is 4.51. The lowest BCUT2D eigenvalue weighted by atomic mass is 10.1. The van der Waals surface area contributed by atoms with Crippen LogP contribution in [0.2, 0.25) is 0 Å². The first-order valence-corrected chi connectivity index (χ1v) is 12.9. The molecule has 0 fully saturated rings. The number of ether oxygens (including phenoxy) is 1. The molecule has 218 valence electrons. The summed E-state index contributed by atoms with van der Waals surface area (Å²) < 4.78 is 43.2. The van der Waals surface area contributed by atoms with Gasteiger partial charge in [-0.15, -0.1) is 13.2 Å². The van der Waals surface area contributed by atoms with Crippen LogP contribution in [-0.2, 0) is 0 Å². The summed E-state index contributed by atoms with van der Waals surface area (Å²) >= 11 is 0. The normalized spacial score (nSPS) is 14.8. The van der Waals surface area contributed by atoms with Gasteiger partial charge in [0.2, 0.25) is 0 Å². The molecule has 0 spiro atoms. The van der Waals surface area contributed by atoms with Crippen LogP contribution >= 0.6 is 0 Å². The summed E-state index contributed by atoms with van der Waals surface area (Å²) in [5.74, 6) is -1.70. The Morgan fingerprint density at radius 3 is 1.98 bits per heavy atom. The lowest BCUT2D eigenvalue weighted by Gasteiger charge is -2.08. The molecule has 2 aliphatic rings. The SMILES string of the molecule is [C-]#[N+]c1cc(C#N)cc(-c2nc(/C(C#N)=C3\N=c4cccc(C)c4=N3)nc(/C(C#N)=C3\N=c4cccc(OC(F)(F)F)c4=N3)n2)c1. The van der Waals surface area contributed by atoms with Crippen molar-refractivity contribution in [1.82, 2.24) is 15.0 Å². The Bertz CT molecular complexity index is 2480. The molecule has 0 radical (unpaired) electrons. The molecule has 0 atom stereocenters. The summed E-state index contributed by atoms with van der Waals surface area (Å²) in [5.41, 5.74) is 0.639. The second-order valence-electron chi connectivity index (χ2n) is 9.48. The summed E-state index contributed by atoms with van der Waals surface area (Å²) in [7, 11) is 0. The average molecular weight is 612 g/mol. The molecule has 0 saturated carbocycles. The number of halogens is 3. The Hall–Kier alpha value is -7.10. The fourth-order valence-corrected chi connectivity index (χ4v) is 4.51. The molecular weight excluding hydrogens is 599 g/mol. The van der Waals surface area contributed by atoms with E-state index in [4.69, 9.17) is 6.57 Å². The molecule has 0 saturated heterocycles. The van der Waals surface area contributed by atoms with E-state index < -0.39 is 12.1 Å². The van der Waals surface area contributed by atoms with Crippen LogP contribution in [0.3, 0.4) is 0 Å². The molecule has 3 heterocycles. The van der Waals surface area contributed by atoms with E-state index in [9.17, 15) is 29.0 Å². The van der Waals surface area contributed by atoms with Crippen LogP contribution < -0.4 is 26.2 Å². The van der Waals surface area contributed by atoms with Gasteiger partial charge >= 0.3 is 6.36 Å². The number of nitrogens with zero attached hydrogens (tertiary/aromatic N) is 11. The average Bonchev–Trinajstić information content (AvgIpc) is 3.67. The highest BCUT2D eigenvalue weighted by molar-refractivity contribution is 5.80. The van der Waals surface area contributed by atoms with Gasteiger partial charge in [0.15, 0.2) is 40.6 Å². The quantitative estimate of drug-likeness (QED) is 0.251. The third-order valence-corrected chi connectivity index (χ3v) is 6.50. The van der Waals surface area contributed by atoms with Crippen LogP contribution in [0.15, 0.2) is 86.2 Å². The molecule has 3 aromatic carbocycles. The Kier molecular flexibility index (Phi) is 7.05. The fraction of sp³-hybridized carbons (Fsp3) is 0.0645. The van der Waals surface area contributed by atoms with Gasteiger partial charge in [0.25, 0.3) is 0 Å². The van der Waals surface area contributed by atoms with Crippen molar-refractivity contribution >= 4 is 16.8 Å². The van der Waals surface area contributed by atoms with Crippen molar-refractivity contribution in [3.63, 3.8) is 0 Å². The minimum absolute atomic E-state index is 0.000976. The summed E-state index contributed by atoms with van der Waals surface area (Å²) in [6, 6.07) is 19.1. The predicted octanol–water partition coefficient (Wildman–Crippen LogP) is 3.46. The highest BCUT2D eigenvalue weighted by Crippen LogP contribution is 2.29. The van der Waals surface area contributed by atoms with E-state index in [1.807, 2.05) is 31.2 Å². The van der Waals surface area contributed by atoms with E-state index in [0.29, 0.717) is 10.7 Å².